The van der Waals surface area contributed by atoms with E-state index in [1.165, 1.54) is 0 Å². The Hall–Kier alpha value is 0.230. The Labute approximate surface area is 78.1 Å². The Balaban J connectivity index is 2.18. The van der Waals surface area contributed by atoms with Crippen LogP contribution in [0.4, 0.5) is 0 Å². The van der Waals surface area contributed by atoms with E-state index in [-0.39, 0.29) is 0 Å². The van der Waals surface area contributed by atoms with Crippen molar-refractivity contribution >= 4 is 7.51 Å². The van der Waals surface area contributed by atoms with E-state index in [2.05, 4.69) is 0 Å². The van der Waals surface area contributed by atoms with Crippen molar-refractivity contribution in [2.45, 2.75) is 0 Å². The van der Waals surface area contributed by atoms with Gasteiger partial charge in [0.05, 0.1) is 0 Å². The summed E-state index contributed by atoms with van der Waals surface area (Å²) in [5.41, 5.74) is 0. The Kier molecular flexibility index (Phi) is 2.35. The monoisotopic (exact) mass is 209 g/mol. The minimum atomic E-state index is -3.13. The molecule has 6 heteroatoms. The van der Waals surface area contributed by atoms with Gasteiger partial charge < -0.3 is 0 Å². The summed E-state index contributed by atoms with van der Waals surface area (Å²) in [5.74, 6) is 0. The van der Waals surface area contributed by atoms with Crippen LogP contribution in [0.2, 0.25) is 0 Å². The van der Waals surface area contributed by atoms with Crippen molar-refractivity contribution in [3.8, 4) is 0 Å². The summed E-state index contributed by atoms with van der Waals surface area (Å²) in [6.07, 6.45) is 0.589. The molecule has 0 aromatic heterocycles. The fraction of sp³-hybridized carbons (Fsp3) is 1.00. The second-order valence-corrected chi connectivity index (χ2v) is 6.76. The van der Waals surface area contributed by atoms with E-state index >= 15 is 0 Å². The normalized spacial score (nSPS) is 33.6. The van der Waals surface area contributed by atoms with Gasteiger partial charge in [0.1, 0.15) is 0 Å². The molecule has 2 fully saturated rings. The first kappa shape index (κ1) is 9.77. The molecule has 1 spiro atoms. The van der Waals surface area contributed by atoms with Crippen molar-refractivity contribution in [1.82, 2.24) is 4.90 Å². The summed E-state index contributed by atoms with van der Waals surface area (Å²) >= 11 is 0. The molecule has 2 aliphatic rings. The maximum atomic E-state index is 5.62. The van der Waals surface area contributed by atoms with E-state index < -0.39 is 7.51 Å². The number of nitrogens with zero attached hydrogens (tertiary/aromatic N) is 1. The standard InChI is InChI=1S/C7H16NO4P/c1-8(2)7-13(9-3-4-10-13)11-5-6-12-13/h3-7H2,1-2H3. The van der Waals surface area contributed by atoms with Crippen LogP contribution in [0.15, 0.2) is 0 Å². The molecular formula is C7H16NO4P. The molecule has 0 bridgehead atoms. The van der Waals surface area contributed by atoms with Crippen LogP contribution < -0.4 is 0 Å². The van der Waals surface area contributed by atoms with Crippen LogP contribution in [-0.4, -0.2) is 51.7 Å². The SMILES string of the molecule is CN(C)CP12(OCCO1)OCCO2. The summed E-state index contributed by atoms with van der Waals surface area (Å²) in [4.78, 5) is 1.98. The first-order chi connectivity index (χ1) is 6.14. The van der Waals surface area contributed by atoms with E-state index in [1.807, 2.05) is 19.0 Å². The van der Waals surface area contributed by atoms with E-state index in [9.17, 15) is 0 Å². The molecule has 0 unspecified atom stereocenters. The second kappa shape index (κ2) is 3.12. The molecule has 0 N–H and O–H groups in total. The molecule has 2 rings (SSSR count). The summed E-state index contributed by atoms with van der Waals surface area (Å²) in [6, 6.07) is 0. The van der Waals surface area contributed by atoms with Crippen LogP contribution in [0.25, 0.3) is 0 Å². The Bertz CT molecular complexity index is 175. The Morgan fingerprint density at radius 2 is 1.31 bits per heavy atom. The zero-order chi connectivity index (χ0) is 9.39. The van der Waals surface area contributed by atoms with Gasteiger partial charge in [-0.3, -0.25) is 0 Å². The number of hydrogen-bond donors (Lipinski definition) is 0. The molecular weight excluding hydrogens is 193 g/mol. The van der Waals surface area contributed by atoms with Crippen LogP contribution in [0.3, 0.4) is 0 Å². The van der Waals surface area contributed by atoms with Gasteiger partial charge in [-0.1, -0.05) is 0 Å². The fourth-order valence-corrected chi connectivity index (χ4v) is 5.11. The molecule has 0 saturated carbocycles. The third kappa shape index (κ3) is 1.61. The summed E-state index contributed by atoms with van der Waals surface area (Å²) in [6.45, 7) is 2.30. The predicted molar refractivity (Wildman–Crippen MR) is 49.3 cm³/mol. The van der Waals surface area contributed by atoms with Gasteiger partial charge in [-0.05, 0) is 0 Å². The molecule has 13 heavy (non-hydrogen) atoms. The third-order valence-electron chi connectivity index (χ3n) is 2.04. The Morgan fingerprint density at radius 3 is 1.62 bits per heavy atom. The van der Waals surface area contributed by atoms with Gasteiger partial charge in [-0.15, -0.1) is 0 Å². The van der Waals surface area contributed by atoms with E-state index in [4.69, 9.17) is 18.1 Å². The van der Waals surface area contributed by atoms with E-state index in [1.54, 1.807) is 0 Å². The molecule has 0 aromatic rings. The second-order valence-electron chi connectivity index (χ2n) is 3.52. The third-order valence-corrected chi connectivity index (χ3v) is 5.80. The topological polar surface area (TPSA) is 40.2 Å². The van der Waals surface area contributed by atoms with Gasteiger partial charge in [0, 0.05) is 0 Å². The molecule has 0 aromatic carbocycles. The Morgan fingerprint density at radius 1 is 0.923 bits per heavy atom. The van der Waals surface area contributed by atoms with Crippen molar-refractivity contribution in [1.29, 1.82) is 0 Å². The van der Waals surface area contributed by atoms with Crippen LogP contribution in [-0.2, 0) is 18.1 Å². The van der Waals surface area contributed by atoms with E-state index in [0.29, 0.717) is 32.7 Å². The molecule has 2 heterocycles. The first-order valence-corrected chi connectivity index (χ1v) is 6.50. The number of rotatable bonds is 2. The molecule has 0 amide bonds. The van der Waals surface area contributed by atoms with Gasteiger partial charge in [0.15, 0.2) is 0 Å². The van der Waals surface area contributed by atoms with Crippen LogP contribution in [0.5, 0.6) is 0 Å². The quantitative estimate of drug-likeness (QED) is 0.629. The molecule has 5 nitrogen and oxygen atoms in total. The van der Waals surface area contributed by atoms with Gasteiger partial charge in [0.25, 0.3) is 0 Å². The molecule has 2 aliphatic heterocycles. The summed E-state index contributed by atoms with van der Waals surface area (Å²) in [5, 5.41) is 0. The van der Waals surface area contributed by atoms with Crippen molar-refractivity contribution in [2.75, 3.05) is 46.8 Å². The fourth-order valence-electron chi connectivity index (χ4n) is 1.70. The van der Waals surface area contributed by atoms with Gasteiger partial charge in [-0.25, -0.2) is 0 Å². The predicted octanol–water partition coefficient (Wildman–Crippen LogP) is 0.812. The zero-order valence-corrected chi connectivity index (χ0v) is 8.96. The average molecular weight is 209 g/mol. The van der Waals surface area contributed by atoms with E-state index in [0.717, 1.165) is 0 Å². The van der Waals surface area contributed by atoms with Crippen LogP contribution in [0.1, 0.15) is 0 Å². The zero-order valence-electron chi connectivity index (χ0n) is 8.06. The van der Waals surface area contributed by atoms with Gasteiger partial charge in [0.2, 0.25) is 0 Å². The number of hydrogen-bond acceptors (Lipinski definition) is 5. The average Bonchev–Trinajstić information content (AvgIpc) is 2.61. The van der Waals surface area contributed by atoms with Crippen molar-refractivity contribution in [3.63, 3.8) is 0 Å². The summed E-state index contributed by atoms with van der Waals surface area (Å²) in [7, 11) is 0.786. The van der Waals surface area contributed by atoms with Crippen LogP contribution in [0, 0.1) is 0 Å². The van der Waals surface area contributed by atoms with Gasteiger partial charge in [-0.2, -0.15) is 0 Å². The molecule has 2 saturated heterocycles. The maximum absolute atomic E-state index is 5.62. The molecule has 0 radical (unpaired) electrons. The van der Waals surface area contributed by atoms with Crippen molar-refractivity contribution in [3.05, 3.63) is 0 Å². The molecule has 78 valence electrons. The van der Waals surface area contributed by atoms with Gasteiger partial charge >= 0.3 is 77.3 Å². The van der Waals surface area contributed by atoms with Crippen molar-refractivity contribution in [2.24, 2.45) is 0 Å². The first-order valence-electron chi connectivity index (χ1n) is 4.41. The molecule has 0 atom stereocenters. The van der Waals surface area contributed by atoms with Crippen LogP contribution >= 0.6 is 7.51 Å². The minimum absolute atomic E-state index is 0.575. The molecule has 0 aliphatic carbocycles. The van der Waals surface area contributed by atoms with Crippen molar-refractivity contribution < 1.29 is 18.1 Å². The summed E-state index contributed by atoms with van der Waals surface area (Å²) < 4.78 is 22.5.